The van der Waals surface area contributed by atoms with Gasteiger partial charge in [-0.1, -0.05) is 25.1 Å². The minimum absolute atomic E-state index is 0.289. The number of nitrogens with one attached hydrogen (secondary N) is 1. The maximum Gasteiger partial charge on any atom is 0.188 e. The summed E-state index contributed by atoms with van der Waals surface area (Å²) in [7, 11) is 1.63. The molecule has 0 spiro atoms. The van der Waals surface area contributed by atoms with Gasteiger partial charge in [-0.25, -0.2) is 0 Å². The number of hydrogen-bond acceptors (Lipinski definition) is 3. The third kappa shape index (κ3) is 3.83. The minimum atomic E-state index is 0.289. The van der Waals surface area contributed by atoms with Crippen molar-refractivity contribution < 1.29 is 9.47 Å². The summed E-state index contributed by atoms with van der Waals surface area (Å²) in [5.74, 6) is 0.889. The molecule has 1 N–H and O–H groups in total. The van der Waals surface area contributed by atoms with Gasteiger partial charge in [-0.2, -0.15) is 0 Å². The number of ether oxygens (including phenoxy) is 2. The summed E-state index contributed by atoms with van der Waals surface area (Å²) in [5, 5.41) is 3.44. The van der Waals surface area contributed by atoms with Gasteiger partial charge >= 0.3 is 0 Å². The second-order valence-corrected chi connectivity index (χ2v) is 3.76. The minimum Gasteiger partial charge on any atom is -0.467 e. The number of rotatable bonds is 7. The number of methoxy groups -OCH3 is 1. The van der Waals surface area contributed by atoms with E-state index in [2.05, 4.69) is 25.2 Å². The van der Waals surface area contributed by atoms with Crippen LogP contribution in [0.15, 0.2) is 24.3 Å². The monoisotopic (exact) mass is 223 g/mol. The summed E-state index contributed by atoms with van der Waals surface area (Å²) >= 11 is 0. The summed E-state index contributed by atoms with van der Waals surface area (Å²) in [6.07, 6.45) is 1.13. The van der Waals surface area contributed by atoms with Crippen molar-refractivity contribution in [2.45, 2.75) is 26.3 Å². The van der Waals surface area contributed by atoms with Crippen LogP contribution in [0.4, 0.5) is 0 Å². The number of hydrogen-bond donors (Lipinski definition) is 1. The molecule has 0 aromatic heterocycles. The normalized spacial score (nSPS) is 12.4. The Hall–Kier alpha value is -1.06. The fourth-order valence-corrected chi connectivity index (χ4v) is 1.56. The van der Waals surface area contributed by atoms with Crippen LogP contribution in [-0.4, -0.2) is 20.4 Å². The Labute approximate surface area is 97.8 Å². The molecule has 3 heteroatoms. The summed E-state index contributed by atoms with van der Waals surface area (Å²) in [6.45, 7) is 5.61. The molecule has 3 nitrogen and oxygen atoms in total. The molecule has 0 saturated carbocycles. The van der Waals surface area contributed by atoms with Crippen molar-refractivity contribution in [2.24, 2.45) is 0 Å². The molecular formula is C13H21NO2. The van der Waals surface area contributed by atoms with Crippen LogP contribution in [0.2, 0.25) is 0 Å². The van der Waals surface area contributed by atoms with Gasteiger partial charge in [0, 0.05) is 18.7 Å². The van der Waals surface area contributed by atoms with Crippen LogP contribution in [0.3, 0.4) is 0 Å². The van der Waals surface area contributed by atoms with Crippen molar-refractivity contribution in [2.75, 3.05) is 20.4 Å². The van der Waals surface area contributed by atoms with E-state index < -0.39 is 0 Å². The maximum atomic E-state index is 5.53. The molecule has 90 valence electrons. The van der Waals surface area contributed by atoms with E-state index in [4.69, 9.17) is 9.47 Å². The van der Waals surface area contributed by atoms with Gasteiger partial charge in [0.1, 0.15) is 5.75 Å². The molecule has 0 aliphatic rings. The first-order valence-electron chi connectivity index (χ1n) is 5.73. The standard InChI is InChI=1S/C13H21NO2/c1-4-9-14-11(2)12-7-5-6-8-13(12)16-10-15-3/h5-8,11,14H,4,9-10H2,1-3H3. The highest BCUT2D eigenvalue weighted by atomic mass is 16.7. The highest BCUT2D eigenvalue weighted by Crippen LogP contribution is 2.24. The quantitative estimate of drug-likeness (QED) is 0.721. The molecule has 0 fully saturated rings. The van der Waals surface area contributed by atoms with E-state index in [0.717, 1.165) is 18.7 Å². The molecule has 0 bridgehead atoms. The molecule has 0 amide bonds. The predicted octanol–water partition coefficient (Wildman–Crippen LogP) is 2.73. The molecule has 0 heterocycles. The van der Waals surface area contributed by atoms with Crippen LogP contribution in [0.25, 0.3) is 0 Å². The zero-order chi connectivity index (χ0) is 11.8. The topological polar surface area (TPSA) is 30.5 Å². The van der Waals surface area contributed by atoms with Crippen LogP contribution in [0.5, 0.6) is 5.75 Å². The third-order valence-corrected chi connectivity index (χ3v) is 2.42. The van der Waals surface area contributed by atoms with Crippen molar-refractivity contribution in [1.82, 2.24) is 5.32 Å². The van der Waals surface area contributed by atoms with Crippen LogP contribution < -0.4 is 10.1 Å². The Bertz CT molecular complexity index is 302. The Morgan fingerprint density at radius 2 is 2.06 bits per heavy atom. The second-order valence-electron chi connectivity index (χ2n) is 3.76. The Balaban J connectivity index is 2.68. The first kappa shape index (κ1) is 13.0. The van der Waals surface area contributed by atoms with Crippen LogP contribution in [0.1, 0.15) is 31.9 Å². The summed E-state index contributed by atoms with van der Waals surface area (Å²) in [5.41, 5.74) is 1.17. The summed E-state index contributed by atoms with van der Waals surface area (Å²) < 4.78 is 10.4. The first-order valence-corrected chi connectivity index (χ1v) is 5.73. The molecule has 0 radical (unpaired) electrons. The lowest BCUT2D eigenvalue weighted by molar-refractivity contribution is 0.0501. The summed E-state index contributed by atoms with van der Waals surface area (Å²) in [6, 6.07) is 8.35. The van der Waals surface area contributed by atoms with Crippen LogP contribution >= 0.6 is 0 Å². The lowest BCUT2D eigenvalue weighted by Gasteiger charge is -2.17. The molecule has 1 aromatic carbocycles. The molecule has 1 rings (SSSR count). The SMILES string of the molecule is CCCNC(C)c1ccccc1OCOC. The first-order chi connectivity index (χ1) is 7.79. The van der Waals surface area contributed by atoms with E-state index in [9.17, 15) is 0 Å². The van der Waals surface area contributed by atoms with Crippen molar-refractivity contribution in [1.29, 1.82) is 0 Å². The molecule has 1 aromatic rings. The zero-order valence-electron chi connectivity index (χ0n) is 10.3. The largest absolute Gasteiger partial charge is 0.467 e. The van der Waals surface area contributed by atoms with Crippen LogP contribution in [-0.2, 0) is 4.74 Å². The van der Waals surface area contributed by atoms with Crippen molar-refractivity contribution in [3.63, 3.8) is 0 Å². The van der Waals surface area contributed by atoms with Crippen molar-refractivity contribution in [3.8, 4) is 5.75 Å². The van der Waals surface area contributed by atoms with E-state index in [1.54, 1.807) is 7.11 Å². The van der Waals surface area contributed by atoms with Gasteiger partial charge in [-0.05, 0) is 26.0 Å². The zero-order valence-corrected chi connectivity index (χ0v) is 10.3. The van der Waals surface area contributed by atoms with Crippen LogP contribution in [0, 0.1) is 0 Å². The fourth-order valence-electron chi connectivity index (χ4n) is 1.56. The maximum absolute atomic E-state index is 5.53. The van der Waals surface area contributed by atoms with Crippen molar-refractivity contribution >= 4 is 0 Å². The third-order valence-electron chi connectivity index (χ3n) is 2.42. The fraction of sp³-hybridized carbons (Fsp3) is 0.538. The molecule has 0 aliphatic carbocycles. The summed E-state index contributed by atoms with van der Waals surface area (Å²) in [4.78, 5) is 0. The lowest BCUT2D eigenvalue weighted by Crippen LogP contribution is -2.20. The van der Waals surface area contributed by atoms with E-state index in [1.165, 1.54) is 5.56 Å². The van der Waals surface area contributed by atoms with Gasteiger partial charge in [0.15, 0.2) is 6.79 Å². The highest BCUT2D eigenvalue weighted by molar-refractivity contribution is 5.35. The average Bonchev–Trinajstić information content (AvgIpc) is 2.33. The van der Waals surface area contributed by atoms with Gasteiger partial charge in [0.25, 0.3) is 0 Å². The van der Waals surface area contributed by atoms with Gasteiger partial charge in [-0.3, -0.25) is 0 Å². The molecule has 1 unspecified atom stereocenters. The predicted molar refractivity (Wildman–Crippen MR) is 65.7 cm³/mol. The molecular weight excluding hydrogens is 202 g/mol. The lowest BCUT2D eigenvalue weighted by atomic mass is 10.1. The Morgan fingerprint density at radius 3 is 2.75 bits per heavy atom. The number of para-hydroxylation sites is 1. The van der Waals surface area contributed by atoms with Gasteiger partial charge < -0.3 is 14.8 Å². The highest BCUT2D eigenvalue weighted by Gasteiger charge is 2.09. The molecule has 0 saturated heterocycles. The van der Waals surface area contributed by atoms with Gasteiger partial charge in [-0.15, -0.1) is 0 Å². The van der Waals surface area contributed by atoms with Gasteiger partial charge in [0.2, 0.25) is 0 Å². The van der Waals surface area contributed by atoms with E-state index in [-0.39, 0.29) is 6.79 Å². The molecule has 0 aliphatic heterocycles. The van der Waals surface area contributed by atoms with E-state index in [0.29, 0.717) is 6.04 Å². The van der Waals surface area contributed by atoms with Gasteiger partial charge in [0.05, 0.1) is 0 Å². The van der Waals surface area contributed by atoms with E-state index in [1.807, 2.05) is 18.2 Å². The Morgan fingerprint density at radius 1 is 1.31 bits per heavy atom. The molecule has 1 atom stereocenters. The smallest absolute Gasteiger partial charge is 0.188 e. The Kier molecular flexibility index (Phi) is 5.90. The molecule has 16 heavy (non-hydrogen) atoms. The second kappa shape index (κ2) is 7.25. The average molecular weight is 223 g/mol. The van der Waals surface area contributed by atoms with E-state index >= 15 is 0 Å². The number of benzene rings is 1. The van der Waals surface area contributed by atoms with Crippen molar-refractivity contribution in [3.05, 3.63) is 29.8 Å².